The molecule has 17 heavy (non-hydrogen) atoms. The Labute approximate surface area is 98.7 Å². The Bertz CT molecular complexity index is 534. The van der Waals surface area contributed by atoms with E-state index in [-0.39, 0.29) is 6.42 Å². The van der Waals surface area contributed by atoms with Crippen LogP contribution >= 0.6 is 0 Å². The summed E-state index contributed by atoms with van der Waals surface area (Å²) in [6, 6.07) is 7.95. The van der Waals surface area contributed by atoms with Gasteiger partial charge in [0, 0.05) is 5.56 Å². The Hall–Kier alpha value is -2.17. The molecule has 5 nitrogen and oxygen atoms in total. The van der Waals surface area contributed by atoms with E-state index in [1.54, 1.807) is 10.9 Å². The lowest BCUT2D eigenvalue weighted by Crippen LogP contribution is -2.07. The molecule has 0 radical (unpaired) electrons. The predicted octanol–water partition coefficient (Wildman–Crippen LogP) is 1.73. The van der Waals surface area contributed by atoms with Gasteiger partial charge in [0.05, 0.1) is 24.9 Å². The van der Waals surface area contributed by atoms with Gasteiger partial charge in [-0.2, -0.15) is 0 Å². The second kappa shape index (κ2) is 4.78. The van der Waals surface area contributed by atoms with Crippen LogP contribution in [0.25, 0.3) is 11.3 Å². The summed E-state index contributed by atoms with van der Waals surface area (Å²) < 4.78 is 1.61. The molecule has 2 aromatic rings. The molecule has 0 fully saturated rings. The molecule has 0 bridgehead atoms. The molecule has 0 unspecified atom stereocenters. The number of rotatable bonds is 4. The SMILES string of the molecule is Cc1cccc(-c2cnnn2CCC(=O)O)c1. The first-order valence-electron chi connectivity index (χ1n) is 5.34. The van der Waals surface area contributed by atoms with E-state index in [0.29, 0.717) is 6.54 Å². The van der Waals surface area contributed by atoms with Gasteiger partial charge in [0.2, 0.25) is 0 Å². The molecular formula is C12H13N3O2. The van der Waals surface area contributed by atoms with Crippen molar-refractivity contribution < 1.29 is 9.90 Å². The molecule has 0 aliphatic heterocycles. The van der Waals surface area contributed by atoms with Crippen LogP contribution in [-0.2, 0) is 11.3 Å². The minimum atomic E-state index is -0.837. The van der Waals surface area contributed by atoms with Crippen molar-refractivity contribution in [3.05, 3.63) is 36.0 Å². The standard InChI is InChI=1S/C12H13N3O2/c1-9-3-2-4-10(7-9)11-8-13-14-15(11)6-5-12(16)17/h2-4,7-8H,5-6H2,1H3,(H,16,17). The molecule has 1 heterocycles. The summed E-state index contributed by atoms with van der Waals surface area (Å²) in [5.74, 6) is -0.837. The maximum atomic E-state index is 10.5. The summed E-state index contributed by atoms with van der Waals surface area (Å²) in [6.07, 6.45) is 1.69. The molecule has 1 N–H and O–H groups in total. The second-order valence-electron chi connectivity index (χ2n) is 3.86. The Morgan fingerprint density at radius 3 is 3.00 bits per heavy atom. The van der Waals surface area contributed by atoms with Gasteiger partial charge in [-0.3, -0.25) is 4.79 Å². The van der Waals surface area contributed by atoms with Gasteiger partial charge in [-0.05, 0) is 13.0 Å². The zero-order valence-corrected chi connectivity index (χ0v) is 9.50. The maximum Gasteiger partial charge on any atom is 0.305 e. The predicted molar refractivity (Wildman–Crippen MR) is 62.4 cm³/mol. The highest BCUT2D eigenvalue weighted by atomic mass is 16.4. The van der Waals surface area contributed by atoms with E-state index in [0.717, 1.165) is 16.8 Å². The number of benzene rings is 1. The highest BCUT2D eigenvalue weighted by Gasteiger charge is 2.08. The van der Waals surface area contributed by atoms with Crippen LogP contribution in [0.15, 0.2) is 30.5 Å². The third-order valence-electron chi connectivity index (χ3n) is 2.47. The summed E-state index contributed by atoms with van der Waals surface area (Å²) in [5, 5.41) is 16.4. The van der Waals surface area contributed by atoms with Crippen molar-refractivity contribution in [3.63, 3.8) is 0 Å². The largest absolute Gasteiger partial charge is 0.481 e. The Morgan fingerprint density at radius 2 is 2.29 bits per heavy atom. The summed E-state index contributed by atoms with van der Waals surface area (Å²) in [6.45, 7) is 2.34. The first-order chi connectivity index (χ1) is 8.16. The number of nitrogens with zero attached hydrogens (tertiary/aromatic N) is 3. The second-order valence-corrected chi connectivity index (χ2v) is 3.86. The summed E-state index contributed by atoms with van der Waals surface area (Å²) in [7, 11) is 0. The molecule has 0 aliphatic rings. The van der Waals surface area contributed by atoms with Crippen molar-refractivity contribution in [2.75, 3.05) is 0 Å². The van der Waals surface area contributed by atoms with Crippen molar-refractivity contribution in [2.24, 2.45) is 0 Å². The van der Waals surface area contributed by atoms with Crippen LogP contribution in [0.5, 0.6) is 0 Å². The Morgan fingerprint density at radius 1 is 1.47 bits per heavy atom. The average molecular weight is 231 g/mol. The molecule has 5 heteroatoms. The fourth-order valence-electron chi connectivity index (χ4n) is 1.65. The van der Waals surface area contributed by atoms with Crippen LogP contribution in [0, 0.1) is 6.92 Å². The molecule has 0 spiro atoms. The van der Waals surface area contributed by atoms with E-state index < -0.39 is 5.97 Å². The number of hydrogen-bond donors (Lipinski definition) is 1. The number of carbonyl (C=O) groups is 1. The minimum Gasteiger partial charge on any atom is -0.481 e. The van der Waals surface area contributed by atoms with Crippen molar-refractivity contribution in [3.8, 4) is 11.3 Å². The van der Waals surface area contributed by atoms with Gasteiger partial charge in [0.15, 0.2) is 0 Å². The van der Waals surface area contributed by atoms with Crippen LogP contribution in [0.1, 0.15) is 12.0 Å². The molecule has 88 valence electrons. The highest BCUT2D eigenvalue weighted by molar-refractivity contribution is 5.66. The van der Waals surface area contributed by atoms with E-state index in [9.17, 15) is 4.79 Å². The molecule has 0 aliphatic carbocycles. The summed E-state index contributed by atoms with van der Waals surface area (Å²) in [5.41, 5.74) is 2.99. The number of hydrogen-bond acceptors (Lipinski definition) is 3. The highest BCUT2D eigenvalue weighted by Crippen LogP contribution is 2.19. The molecule has 0 saturated carbocycles. The zero-order chi connectivity index (χ0) is 12.3. The topological polar surface area (TPSA) is 68.0 Å². The summed E-state index contributed by atoms with van der Waals surface area (Å²) in [4.78, 5) is 10.5. The quantitative estimate of drug-likeness (QED) is 0.870. The number of carboxylic acid groups (broad SMARTS) is 1. The van der Waals surface area contributed by atoms with E-state index >= 15 is 0 Å². The zero-order valence-electron chi connectivity index (χ0n) is 9.50. The van der Waals surface area contributed by atoms with Gasteiger partial charge in [-0.15, -0.1) is 5.10 Å². The van der Waals surface area contributed by atoms with Crippen LogP contribution < -0.4 is 0 Å². The lowest BCUT2D eigenvalue weighted by atomic mass is 10.1. The van der Waals surface area contributed by atoms with E-state index in [2.05, 4.69) is 10.3 Å². The number of aliphatic carboxylic acids is 1. The number of aryl methyl sites for hydroxylation is 2. The molecule has 1 aromatic heterocycles. The van der Waals surface area contributed by atoms with Gasteiger partial charge in [0.25, 0.3) is 0 Å². The van der Waals surface area contributed by atoms with Crippen molar-refractivity contribution in [1.82, 2.24) is 15.0 Å². The fourth-order valence-corrected chi connectivity index (χ4v) is 1.65. The first kappa shape index (κ1) is 11.3. The first-order valence-corrected chi connectivity index (χ1v) is 5.34. The van der Waals surface area contributed by atoms with Crippen molar-refractivity contribution in [2.45, 2.75) is 19.9 Å². The van der Waals surface area contributed by atoms with E-state index in [4.69, 9.17) is 5.11 Å². The minimum absolute atomic E-state index is 0.0438. The van der Waals surface area contributed by atoms with Gasteiger partial charge in [-0.1, -0.05) is 29.0 Å². The molecule has 0 amide bonds. The van der Waals surface area contributed by atoms with Crippen LogP contribution in [-0.4, -0.2) is 26.1 Å². The van der Waals surface area contributed by atoms with Crippen molar-refractivity contribution >= 4 is 5.97 Å². The van der Waals surface area contributed by atoms with Crippen LogP contribution in [0.4, 0.5) is 0 Å². The fraction of sp³-hybridized carbons (Fsp3) is 0.250. The van der Waals surface area contributed by atoms with Gasteiger partial charge < -0.3 is 5.11 Å². The Balaban J connectivity index is 2.27. The number of carboxylic acids is 1. The van der Waals surface area contributed by atoms with E-state index in [1.807, 2.05) is 31.2 Å². The lowest BCUT2D eigenvalue weighted by Gasteiger charge is -2.05. The van der Waals surface area contributed by atoms with Crippen LogP contribution in [0.2, 0.25) is 0 Å². The van der Waals surface area contributed by atoms with Crippen molar-refractivity contribution in [1.29, 1.82) is 0 Å². The smallest absolute Gasteiger partial charge is 0.305 e. The maximum absolute atomic E-state index is 10.5. The molecule has 2 rings (SSSR count). The molecule has 0 saturated heterocycles. The van der Waals surface area contributed by atoms with Gasteiger partial charge in [-0.25, -0.2) is 4.68 Å². The van der Waals surface area contributed by atoms with Gasteiger partial charge in [0.1, 0.15) is 0 Å². The third-order valence-corrected chi connectivity index (χ3v) is 2.47. The normalized spacial score (nSPS) is 10.4. The number of aromatic nitrogens is 3. The molecule has 1 aromatic carbocycles. The molecule has 0 atom stereocenters. The monoisotopic (exact) mass is 231 g/mol. The van der Waals surface area contributed by atoms with Crippen LogP contribution in [0.3, 0.4) is 0 Å². The van der Waals surface area contributed by atoms with E-state index in [1.165, 1.54) is 0 Å². The lowest BCUT2D eigenvalue weighted by molar-refractivity contribution is -0.137. The van der Waals surface area contributed by atoms with Gasteiger partial charge >= 0.3 is 5.97 Å². The third kappa shape index (κ3) is 2.69. The summed E-state index contributed by atoms with van der Waals surface area (Å²) >= 11 is 0. The average Bonchev–Trinajstić information content (AvgIpc) is 2.74. The molecular weight excluding hydrogens is 218 g/mol. The Kier molecular flexibility index (Phi) is 3.18.